The number of amides is 3. The van der Waals surface area contributed by atoms with Crippen LogP contribution in [0.5, 0.6) is 5.75 Å². The highest BCUT2D eigenvalue weighted by Gasteiger charge is 2.34. The molecule has 0 fully saturated rings. The molecule has 0 spiro atoms. The number of fused-ring (bicyclic) bond motifs is 2. The first kappa shape index (κ1) is 20.9. The van der Waals surface area contributed by atoms with Crippen LogP contribution in [0.4, 0.5) is 4.79 Å². The second kappa shape index (κ2) is 8.06. The molecule has 3 amide bonds. The van der Waals surface area contributed by atoms with Crippen molar-refractivity contribution in [2.75, 3.05) is 19.7 Å². The highest BCUT2D eigenvalue weighted by Crippen LogP contribution is 2.26. The normalized spacial score (nSPS) is 15.6. The van der Waals surface area contributed by atoms with Crippen LogP contribution in [-0.4, -0.2) is 53.0 Å². The molecule has 0 N–H and O–H groups in total. The molecule has 2 aliphatic heterocycles. The van der Waals surface area contributed by atoms with Gasteiger partial charge in [0.25, 0.3) is 11.8 Å². The van der Waals surface area contributed by atoms with Crippen LogP contribution in [0, 0.1) is 0 Å². The first-order valence-electron chi connectivity index (χ1n) is 10.4. The Kier molecular flexibility index (Phi) is 5.43. The van der Waals surface area contributed by atoms with Crippen LogP contribution in [0.15, 0.2) is 42.5 Å². The Labute approximate surface area is 181 Å². The molecule has 0 radical (unpaired) electrons. The van der Waals surface area contributed by atoms with Gasteiger partial charge in [-0.2, -0.15) is 0 Å². The summed E-state index contributed by atoms with van der Waals surface area (Å²) in [6.45, 7) is 7.06. The van der Waals surface area contributed by atoms with Gasteiger partial charge in [0.2, 0.25) is 0 Å². The lowest BCUT2D eigenvalue weighted by molar-refractivity contribution is 0.0223. The van der Waals surface area contributed by atoms with Gasteiger partial charge in [0, 0.05) is 13.1 Å². The lowest BCUT2D eigenvalue weighted by Crippen LogP contribution is -2.39. The molecule has 0 atom stereocenters. The van der Waals surface area contributed by atoms with Crippen molar-refractivity contribution in [3.05, 3.63) is 64.7 Å². The third-order valence-electron chi connectivity index (χ3n) is 5.30. The average Bonchev–Trinajstić information content (AvgIpc) is 2.97. The van der Waals surface area contributed by atoms with Crippen molar-refractivity contribution in [1.29, 1.82) is 0 Å². The maximum atomic E-state index is 12.4. The van der Waals surface area contributed by atoms with Gasteiger partial charge in [-0.25, -0.2) is 4.79 Å². The third kappa shape index (κ3) is 4.40. The maximum Gasteiger partial charge on any atom is 0.410 e. The number of carbonyl (C=O) groups is 3. The number of ether oxygens (including phenoxy) is 2. The van der Waals surface area contributed by atoms with Gasteiger partial charge < -0.3 is 14.4 Å². The quantitative estimate of drug-likeness (QED) is 0.703. The number of hydrogen-bond donors (Lipinski definition) is 0. The van der Waals surface area contributed by atoms with Gasteiger partial charge in [0.1, 0.15) is 18.0 Å². The van der Waals surface area contributed by atoms with E-state index in [4.69, 9.17) is 9.47 Å². The summed E-state index contributed by atoms with van der Waals surface area (Å²) in [6, 6.07) is 12.6. The summed E-state index contributed by atoms with van der Waals surface area (Å²) in [7, 11) is 0. The summed E-state index contributed by atoms with van der Waals surface area (Å²) < 4.78 is 11.3. The predicted octanol–water partition coefficient (Wildman–Crippen LogP) is 3.65. The molecular formula is C24H26N2O5. The van der Waals surface area contributed by atoms with Gasteiger partial charge in [0.15, 0.2) is 0 Å². The highest BCUT2D eigenvalue weighted by atomic mass is 16.6. The topological polar surface area (TPSA) is 76.2 Å². The van der Waals surface area contributed by atoms with E-state index in [1.165, 1.54) is 4.90 Å². The van der Waals surface area contributed by atoms with Gasteiger partial charge in [-0.3, -0.25) is 14.5 Å². The van der Waals surface area contributed by atoms with E-state index in [0.29, 0.717) is 36.4 Å². The Hall–Kier alpha value is -3.35. The SMILES string of the molecule is CC(C)(C)OC(=O)N1CCc2cc(OCCN3C(=O)c4ccccc4C3=O)ccc2C1. The summed E-state index contributed by atoms with van der Waals surface area (Å²) >= 11 is 0. The monoisotopic (exact) mass is 422 g/mol. The summed E-state index contributed by atoms with van der Waals surface area (Å²) in [5.74, 6) is 0.120. The number of carbonyl (C=O) groups excluding carboxylic acids is 3. The average molecular weight is 422 g/mol. The van der Waals surface area contributed by atoms with Crippen molar-refractivity contribution in [1.82, 2.24) is 9.80 Å². The Morgan fingerprint density at radius 3 is 2.32 bits per heavy atom. The van der Waals surface area contributed by atoms with Crippen LogP contribution < -0.4 is 4.74 Å². The van der Waals surface area contributed by atoms with Gasteiger partial charge in [-0.05, 0) is 62.6 Å². The molecule has 0 aromatic heterocycles. The molecule has 0 aliphatic carbocycles. The first-order chi connectivity index (χ1) is 14.7. The third-order valence-corrected chi connectivity index (χ3v) is 5.30. The minimum Gasteiger partial charge on any atom is -0.492 e. The number of nitrogens with zero attached hydrogens (tertiary/aromatic N) is 2. The van der Waals surface area contributed by atoms with Gasteiger partial charge in [0.05, 0.1) is 17.7 Å². The van der Waals surface area contributed by atoms with Gasteiger partial charge in [-0.15, -0.1) is 0 Å². The highest BCUT2D eigenvalue weighted by molar-refractivity contribution is 6.21. The van der Waals surface area contributed by atoms with E-state index >= 15 is 0 Å². The molecule has 7 heteroatoms. The van der Waals surface area contributed by atoms with Crippen molar-refractivity contribution in [3.63, 3.8) is 0 Å². The van der Waals surface area contributed by atoms with Crippen molar-refractivity contribution >= 4 is 17.9 Å². The zero-order chi connectivity index (χ0) is 22.2. The maximum absolute atomic E-state index is 12.4. The van der Waals surface area contributed by atoms with E-state index < -0.39 is 5.60 Å². The molecule has 0 saturated heterocycles. The van der Waals surface area contributed by atoms with E-state index in [2.05, 4.69) is 0 Å². The lowest BCUT2D eigenvalue weighted by atomic mass is 10.00. The number of imide groups is 1. The fourth-order valence-corrected chi connectivity index (χ4v) is 3.80. The van der Waals surface area contributed by atoms with Crippen molar-refractivity contribution in [2.45, 2.75) is 39.3 Å². The molecule has 31 heavy (non-hydrogen) atoms. The zero-order valence-corrected chi connectivity index (χ0v) is 18.0. The molecule has 7 nitrogen and oxygen atoms in total. The van der Waals surface area contributed by atoms with Crippen LogP contribution in [0.25, 0.3) is 0 Å². The molecule has 4 rings (SSSR count). The first-order valence-corrected chi connectivity index (χ1v) is 10.4. The Balaban J connectivity index is 1.33. The number of benzene rings is 2. The minimum absolute atomic E-state index is 0.190. The fourth-order valence-electron chi connectivity index (χ4n) is 3.80. The smallest absolute Gasteiger partial charge is 0.410 e. The van der Waals surface area contributed by atoms with E-state index in [9.17, 15) is 14.4 Å². The van der Waals surface area contributed by atoms with E-state index in [0.717, 1.165) is 11.1 Å². The Morgan fingerprint density at radius 1 is 1.00 bits per heavy atom. The minimum atomic E-state index is -0.519. The van der Waals surface area contributed by atoms with Crippen LogP contribution >= 0.6 is 0 Å². The Morgan fingerprint density at radius 2 is 1.68 bits per heavy atom. The van der Waals surface area contributed by atoms with Crippen molar-refractivity contribution < 1.29 is 23.9 Å². The number of hydrogen-bond acceptors (Lipinski definition) is 5. The molecule has 2 aromatic rings. The largest absolute Gasteiger partial charge is 0.492 e. The predicted molar refractivity (Wildman–Crippen MR) is 114 cm³/mol. The lowest BCUT2D eigenvalue weighted by Gasteiger charge is -2.31. The van der Waals surface area contributed by atoms with Crippen LogP contribution in [0.1, 0.15) is 52.6 Å². The van der Waals surface area contributed by atoms with E-state index in [1.807, 2.05) is 39.0 Å². The standard InChI is InChI=1S/C24H26N2O5/c1-24(2,3)31-23(29)25-11-10-16-14-18(9-8-17(16)15-25)30-13-12-26-21(27)19-6-4-5-7-20(19)22(26)28/h4-9,14H,10-13,15H2,1-3H3. The van der Waals surface area contributed by atoms with Crippen LogP contribution in [0.3, 0.4) is 0 Å². The van der Waals surface area contributed by atoms with Crippen LogP contribution in [0.2, 0.25) is 0 Å². The second-order valence-electron chi connectivity index (χ2n) is 8.74. The van der Waals surface area contributed by atoms with E-state index in [1.54, 1.807) is 29.2 Å². The molecule has 0 bridgehead atoms. The zero-order valence-electron chi connectivity index (χ0n) is 18.0. The fraction of sp³-hybridized carbons (Fsp3) is 0.375. The second-order valence-corrected chi connectivity index (χ2v) is 8.74. The molecule has 2 heterocycles. The van der Waals surface area contributed by atoms with E-state index in [-0.39, 0.29) is 31.1 Å². The van der Waals surface area contributed by atoms with Crippen LogP contribution in [-0.2, 0) is 17.7 Å². The van der Waals surface area contributed by atoms with Gasteiger partial charge >= 0.3 is 6.09 Å². The molecular weight excluding hydrogens is 396 g/mol. The molecule has 2 aromatic carbocycles. The summed E-state index contributed by atoms with van der Waals surface area (Å²) in [5.41, 5.74) is 2.55. The summed E-state index contributed by atoms with van der Waals surface area (Å²) in [5, 5.41) is 0. The van der Waals surface area contributed by atoms with Crippen molar-refractivity contribution in [3.8, 4) is 5.75 Å². The number of rotatable bonds is 4. The molecule has 0 saturated carbocycles. The Bertz CT molecular complexity index is 1010. The molecule has 162 valence electrons. The molecule has 2 aliphatic rings. The molecule has 0 unspecified atom stereocenters. The summed E-state index contributed by atoms with van der Waals surface area (Å²) in [6.07, 6.45) is 0.406. The summed E-state index contributed by atoms with van der Waals surface area (Å²) in [4.78, 5) is 40.1. The van der Waals surface area contributed by atoms with Gasteiger partial charge in [-0.1, -0.05) is 18.2 Å². The van der Waals surface area contributed by atoms with Crippen molar-refractivity contribution in [2.24, 2.45) is 0 Å².